The molecule has 0 fully saturated rings. The van der Waals surface area contributed by atoms with E-state index in [1.54, 1.807) is 30.3 Å². The van der Waals surface area contributed by atoms with Gasteiger partial charge in [0.15, 0.2) is 0 Å². The molecule has 5 nitrogen and oxygen atoms in total. The van der Waals surface area contributed by atoms with Gasteiger partial charge in [0.25, 0.3) is 0 Å². The smallest absolute Gasteiger partial charge is 0.360 e. The van der Waals surface area contributed by atoms with Crippen molar-refractivity contribution >= 4 is 23.1 Å². The Morgan fingerprint density at radius 1 is 1.27 bits per heavy atom. The van der Waals surface area contributed by atoms with Gasteiger partial charge in [-0.25, -0.2) is 0 Å². The highest BCUT2D eigenvalue weighted by atomic mass is 16.2. The van der Waals surface area contributed by atoms with Crippen molar-refractivity contribution in [3.8, 4) is 0 Å². The summed E-state index contributed by atoms with van der Waals surface area (Å²) in [6, 6.07) is 8.58. The van der Waals surface area contributed by atoms with Gasteiger partial charge in [0.05, 0.1) is 0 Å². The van der Waals surface area contributed by atoms with Crippen LogP contribution in [0.15, 0.2) is 30.3 Å². The van der Waals surface area contributed by atoms with Crippen LogP contribution in [0, 0.1) is 0 Å². The van der Waals surface area contributed by atoms with Gasteiger partial charge >= 0.3 is 11.6 Å². The Morgan fingerprint density at radius 3 is 2.33 bits per heavy atom. The number of Topliss-reactive ketones (excluding diaryl/α,β-unsaturated/α-hetero) is 1. The molecule has 0 atom stereocenters. The largest absolute Gasteiger partial charge is 0.421 e. The van der Waals surface area contributed by atoms with E-state index in [0.717, 1.165) is 6.92 Å². The molecule has 1 N–H and O–H groups in total. The molecular weight excluding hydrogens is 194 g/mol. The lowest BCUT2D eigenvalue weighted by Crippen LogP contribution is -2.29. The van der Waals surface area contributed by atoms with E-state index < -0.39 is 17.4 Å². The fraction of sp³-hybridized carbons (Fsp3) is 0.100. The highest BCUT2D eigenvalue weighted by Crippen LogP contribution is 2.04. The van der Waals surface area contributed by atoms with Crippen molar-refractivity contribution in [2.45, 2.75) is 6.92 Å². The number of carbonyl (C=O) groups is 2. The molecule has 0 bridgehead atoms. The van der Waals surface area contributed by atoms with Gasteiger partial charge in [-0.1, -0.05) is 18.2 Å². The number of nitrogens with one attached hydrogen (secondary N) is 1. The van der Waals surface area contributed by atoms with Gasteiger partial charge < -0.3 is 10.8 Å². The van der Waals surface area contributed by atoms with Gasteiger partial charge in [-0.2, -0.15) is 4.79 Å². The molecule has 0 radical (unpaired) electrons. The molecule has 5 heteroatoms. The molecular formula is C10H9N3O2. The third-order valence-electron chi connectivity index (χ3n) is 1.68. The maximum Gasteiger partial charge on any atom is 0.421 e. The molecule has 0 aliphatic carbocycles. The first kappa shape index (κ1) is 10.8. The summed E-state index contributed by atoms with van der Waals surface area (Å²) in [5.74, 6) is -1.32. The van der Waals surface area contributed by atoms with E-state index in [2.05, 4.69) is 10.1 Å². The van der Waals surface area contributed by atoms with Crippen LogP contribution in [0.4, 0.5) is 5.69 Å². The van der Waals surface area contributed by atoms with E-state index in [1.807, 2.05) is 0 Å². The Bertz CT molecular complexity index is 433. The van der Waals surface area contributed by atoms with Crippen LogP contribution >= 0.6 is 0 Å². The van der Waals surface area contributed by atoms with Crippen LogP contribution in [0.25, 0.3) is 5.53 Å². The number of hydrogen-bond donors (Lipinski definition) is 1. The fourth-order valence-corrected chi connectivity index (χ4v) is 0.987. The van der Waals surface area contributed by atoms with Crippen molar-refractivity contribution < 1.29 is 14.4 Å². The van der Waals surface area contributed by atoms with Crippen LogP contribution in [0.1, 0.15) is 6.92 Å². The maximum absolute atomic E-state index is 11.4. The summed E-state index contributed by atoms with van der Waals surface area (Å²) in [6.45, 7) is 1.15. The number of nitrogens with zero attached hydrogens (tertiary/aromatic N) is 2. The molecule has 1 rings (SSSR count). The predicted molar refractivity (Wildman–Crippen MR) is 54.4 cm³/mol. The van der Waals surface area contributed by atoms with Crippen LogP contribution in [-0.2, 0) is 9.59 Å². The van der Waals surface area contributed by atoms with E-state index in [-0.39, 0.29) is 0 Å². The lowest BCUT2D eigenvalue weighted by atomic mass is 10.2. The van der Waals surface area contributed by atoms with Crippen molar-refractivity contribution in [2.75, 3.05) is 5.32 Å². The highest BCUT2D eigenvalue weighted by Gasteiger charge is 2.25. The van der Waals surface area contributed by atoms with Gasteiger partial charge in [0.2, 0.25) is 5.78 Å². The number of amides is 1. The molecule has 0 unspecified atom stereocenters. The molecule has 0 aliphatic heterocycles. The molecule has 76 valence electrons. The molecule has 1 amide bonds. The summed E-state index contributed by atoms with van der Waals surface area (Å²) in [5, 5.41) is 2.42. The summed E-state index contributed by atoms with van der Waals surface area (Å²) in [5.41, 5.74) is 8.47. The number of carbonyl (C=O) groups excluding carboxylic acids is 2. The first-order valence-corrected chi connectivity index (χ1v) is 4.24. The Kier molecular flexibility index (Phi) is 3.49. The van der Waals surface area contributed by atoms with E-state index in [1.165, 1.54) is 0 Å². The standard InChI is InChI=1S/C10H9N3O2/c1-7(14)9(13-11)10(15)12-8-5-3-2-4-6-8/h2-6H,1H3,(H,12,15). The maximum atomic E-state index is 11.4. The van der Waals surface area contributed by atoms with Crippen LogP contribution in [0.3, 0.4) is 0 Å². The van der Waals surface area contributed by atoms with Gasteiger partial charge in [-0.05, 0) is 12.1 Å². The number of ketones is 1. The summed E-state index contributed by atoms with van der Waals surface area (Å²) in [4.78, 5) is 24.9. The second kappa shape index (κ2) is 4.83. The first-order valence-electron chi connectivity index (χ1n) is 4.24. The lowest BCUT2D eigenvalue weighted by Gasteiger charge is -1.99. The SMILES string of the molecule is CC(=O)C(=[N+]=[N-])C(=O)Nc1ccccc1. The zero-order valence-electron chi connectivity index (χ0n) is 8.10. The molecule has 15 heavy (non-hydrogen) atoms. The van der Waals surface area contributed by atoms with Crippen LogP contribution in [-0.4, -0.2) is 22.2 Å². The normalized spacial score (nSPS) is 8.87. The average molecular weight is 203 g/mol. The van der Waals surface area contributed by atoms with Gasteiger partial charge in [0.1, 0.15) is 0 Å². The first-order chi connectivity index (χ1) is 7.15. The minimum Gasteiger partial charge on any atom is -0.360 e. The molecule has 0 aliphatic rings. The fourth-order valence-electron chi connectivity index (χ4n) is 0.987. The predicted octanol–water partition coefficient (Wildman–Crippen LogP) is 0.885. The van der Waals surface area contributed by atoms with Crippen LogP contribution in [0.2, 0.25) is 0 Å². The van der Waals surface area contributed by atoms with Crippen molar-refractivity contribution in [1.82, 2.24) is 0 Å². The molecule has 1 aromatic carbocycles. The van der Waals surface area contributed by atoms with Crippen molar-refractivity contribution in [2.24, 2.45) is 0 Å². The van der Waals surface area contributed by atoms with E-state index in [4.69, 9.17) is 5.53 Å². The van der Waals surface area contributed by atoms with Gasteiger partial charge in [0, 0.05) is 12.6 Å². The third kappa shape index (κ3) is 2.86. The van der Waals surface area contributed by atoms with Crippen LogP contribution in [0.5, 0.6) is 0 Å². The van der Waals surface area contributed by atoms with Crippen molar-refractivity contribution in [1.29, 1.82) is 0 Å². The zero-order chi connectivity index (χ0) is 11.3. The van der Waals surface area contributed by atoms with Crippen molar-refractivity contribution in [3.05, 3.63) is 35.9 Å². The molecule has 0 saturated heterocycles. The zero-order valence-corrected chi connectivity index (χ0v) is 8.10. The molecule has 0 spiro atoms. The molecule has 0 heterocycles. The minimum absolute atomic E-state index is 0.515. The average Bonchev–Trinajstić information content (AvgIpc) is 2.19. The Morgan fingerprint density at radius 2 is 1.87 bits per heavy atom. The third-order valence-corrected chi connectivity index (χ3v) is 1.68. The van der Waals surface area contributed by atoms with Crippen LogP contribution < -0.4 is 5.32 Å². The summed E-state index contributed by atoms with van der Waals surface area (Å²) in [7, 11) is 0. The Labute approximate surface area is 86.3 Å². The number of benzene rings is 1. The number of anilines is 1. The van der Waals surface area contributed by atoms with Gasteiger partial charge in [-0.3, -0.25) is 9.59 Å². The highest BCUT2D eigenvalue weighted by molar-refractivity contribution is 6.65. The monoisotopic (exact) mass is 203 g/mol. The van der Waals surface area contributed by atoms with Gasteiger partial charge in [-0.15, -0.1) is 0 Å². The Balaban J connectivity index is 2.81. The number of para-hydroxylation sites is 1. The van der Waals surface area contributed by atoms with Crippen molar-refractivity contribution in [3.63, 3.8) is 0 Å². The van der Waals surface area contributed by atoms with E-state index >= 15 is 0 Å². The molecule has 0 aromatic heterocycles. The second-order valence-corrected chi connectivity index (χ2v) is 2.82. The number of hydrogen-bond acceptors (Lipinski definition) is 2. The summed E-state index contributed by atoms with van der Waals surface area (Å²) < 4.78 is 0. The van der Waals surface area contributed by atoms with E-state index in [0.29, 0.717) is 5.69 Å². The Hall–Kier alpha value is -2.26. The summed E-state index contributed by atoms with van der Waals surface area (Å²) >= 11 is 0. The summed E-state index contributed by atoms with van der Waals surface area (Å²) in [6.07, 6.45) is 0. The topological polar surface area (TPSA) is 82.6 Å². The minimum atomic E-state index is -0.726. The molecule has 0 saturated carbocycles. The van der Waals surface area contributed by atoms with E-state index in [9.17, 15) is 9.59 Å². The number of rotatable bonds is 3. The second-order valence-electron chi connectivity index (χ2n) is 2.82. The quantitative estimate of drug-likeness (QED) is 0.342. The molecule has 1 aromatic rings. The lowest BCUT2D eigenvalue weighted by molar-refractivity contribution is -0.121.